The van der Waals surface area contributed by atoms with E-state index in [-0.39, 0.29) is 0 Å². The predicted molar refractivity (Wildman–Crippen MR) is 118 cm³/mol. The zero-order valence-corrected chi connectivity index (χ0v) is 16.9. The summed E-state index contributed by atoms with van der Waals surface area (Å²) in [6, 6.07) is 25.3. The Morgan fingerprint density at radius 3 is 2.59 bits per heavy atom. The van der Waals surface area contributed by atoms with Gasteiger partial charge in [-0.1, -0.05) is 42.5 Å². The molecule has 29 heavy (non-hydrogen) atoms. The van der Waals surface area contributed by atoms with Crippen LogP contribution in [0.25, 0.3) is 22.2 Å². The highest BCUT2D eigenvalue weighted by Crippen LogP contribution is 2.41. The quantitative estimate of drug-likeness (QED) is 0.387. The Morgan fingerprint density at radius 2 is 1.72 bits per heavy atom. The Hall–Kier alpha value is -2.91. The first-order valence-electron chi connectivity index (χ1n) is 9.95. The molecular weight excluding hydrogens is 382 g/mol. The van der Waals surface area contributed by atoms with Crippen LogP contribution in [0.4, 0.5) is 0 Å². The minimum absolute atomic E-state index is 0.491. The number of ether oxygens (including phenoxy) is 2. The van der Waals surface area contributed by atoms with E-state index >= 15 is 0 Å². The lowest BCUT2D eigenvalue weighted by Gasteiger charge is -2.14. The minimum Gasteiger partial charge on any atom is -0.493 e. The normalized spacial score (nSPS) is 12.7. The van der Waals surface area contributed by atoms with Crippen molar-refractivity contribution in [2.45, 2.75) is 13.0 Å². The van der Waals surface area contributed by atoms with Gasteiger partial charge in [-0.3, -0.25) is 0 Å². The summed E-state index contributed by atoms with van der Waals surface area (Å²) in [5.74, 6) is 2.30. The number of halogens is 1. The Kier molecular flexibility index (Phi) is 4.91. The molecule has 0 spiro atoms. The highest BCUT2D eigenvalue weighted by molar-refractivity contribution is 6.18. The molecule has 1 aliphatic rings. The summed E-state index contributed by atoms with van der Waals surface area (Å²) < 4.78 is 14.1. The SMILES string of the molecule is ClCCOc1ccc(Cn2c3c(c4ccccc42)CCOc2ccccc2-3)cc1. The van der Waals surface area contributed by atoms with Crippen LogP contribution in [0.1, 0.15) is 11.1 Å². The van der Waals surface area contributed by atoms with Crippen LogP contribution in [0.2, 0.25) is 0 Å². The number of rotatable bonds is 5. The van der Waals surface area contributed by atoms with E-state index in [0.717, 1.165) is 24.5 Å². The Balaban J connectivity index is 1.62. The number of alkyl halides is 1. The van der Waals surface area contributed by atoms with Gasteiger partial charge in [0, 0.05) is 29.4 Å². The van der Waals surface area contributed by atoms with Crippen LogP contribution in [-0.4, -0.2) is 23.7 Å². The highest BCUT2D eigenvalue weighted by atomic mass is 35.5. The largest absolute Gasteiger partial charge is 0.493 e. The van der Waals surface area contributed by atoms with Crippen molar-refractivity contribution in [1.82, 2.24) is 4.57 Å². The molecule has 0 fully saturated rings. The van der Waals surface area contributed by atoms with Gasteiger partial charge in [0.05, 0.1) is 18.2 Å². The van der Waals surface area contributed by atoms with Crippen molar-refractivity contribution in [2.75, 3.05) is 19.1 Å². The van der Waals surface area contributed by atoms with Crippen LogP contribution in [0, 0.1) is 0 Å². The molecule has 4 heteroatoms. The lowest BCUT2D eigenvalue weighted by Crippen LogP contribution is -2.03. The Bertz CT molecular complexity index is 1150. The van der Waals surface area contributed by atoms with E-state index in [1.807, 2.05) is 18.2 Å². The Labute approximate surface area is 175 Å². The van der Waals surface area contributed by atoms with Gasteiger partial charge in [-0.25, -0.2) is 0 Å². The number of hydrogen-bond acceptors (Lipinski definition) is 2. The van der Waals surface area contributed by atoms with Gasteiger partial charge in [-0.2, -0.15) is 0 Å². The first-order chi connectivity index (χ1) is 14.3. The van der Waals surface area contributed by atoms with Gasteiger partial charge in [0.1, 0.15) is 18.1 Å². The number of para-hydroxylation sites is 2. The van der Waals surface area contributed by atoms with Crippen molar-refractivity contribution >= 4 is 22.5 Å². The lowest BCUT2D eigenvalue weighted by atomic mass is 10.0. The average Bonchev–Trinajstić information content (AvgIpc) is 2.94. The van der Waals surface area contributed by atoms with Gasteiger partial charge in [-0.15, -0.1) is 11.6 Å². The van der Waals surface area contributed by atoms with Gasteiger partial charge in [0.15, 0.2) is 0 Å². The summed E-state index contributed by atoms with van der Waals surface area (Å²) in [6.07, 6.45) is 0.905. The van der Waals surface area contributed by atoms with Crippen molar-refractivity contribution in [3.05, 3.63) is 83.9 Å². The van der Waals surface area contributed by atoms with Crippen LogP contribution in [0.3, 0.4) is 0 Å². The number of fused-ring (bicyclic) bond motifs is 5. The van der Waals surface area contributed by atoms with Crippen molar-refractivity contribution in [3.8, 4) is 22.8 Å². The fraction of sp³-hybridized carbons (Fsp3) is 0.200. The molecule has 0 bridgehead atoms. The molecule has 146 valence electrons. The lowest BCUT2D eigenvalue weighted by molar-refractivity contribution is 0.327. The van der Waals surface area contributed by atoms with E-state index in [1.165, 1.54) is 33.3 Å². The second kappa shape index (κ2) is 7.84. The van der Waals surface area contributed by atoms with Crippen molar-refractivity contribution in [2.24, 2.45) is 0 Å². The van der Waals surface area contributed by atoms with E-state index in [9.17, 15) is 0 Å². The molecule has 0 atom stereocenters. The topological polar surface area (TPSA) is 23.4 Å². The molecule has 4 aromatic rings. The minimum atomic E-state index is 0.491. The zero-order valence-electron chi connectivity index (χ0n) is 16.1. The molecule has 0 unspecified atom stereocenters. The number of hydrogen-bond donors (Lipinski definition) is 0. The smallest absolute Gasteiger partial charge is 0.128 e. The highest BCUT2D eigenvalue weighted by Gasteiger charge is 2.23. The van der Waals surface area contributed by atoms with Crippen LogP contribution >= 0.6 is 11.6 Å². The Morgan fingerprint density at radius 1 is 0.931 bits per heavy atom. The predicted octanol–water partition coefficient (Wildman–Crippen LogP) is 5.91. The molecule has 5 rings (SSSR count). The van der Waals surface area contributed by atoms with E-state index in [0.29, 0.717) is 19.1 Å². The first-order valence-corrected chi connectivity index (χ1v) is 10.5. The third kappa shape index (κ3) is 3.36. The third-order valence-electron chi connectivity index (χ3n) is 5.44. The molecule has 0 aliphatic carbocycles. The summed E-state index contributed by atoms with van der Waals surface area (Å²) in [4.78, 5) is 0. The maximum absolute atomic E-state index is 6.06. The van der Waals surface area contributed by atoms with Crippen LogP contribution in [-0.2, 0) is 13.0 Å². The van der Waals surface area contributed by atoms with Crippen molar-refractivity contribution in [1.29, 1.82) is 0 Å². The van der Waals surface area contributed by atoms with Gasteiger partial charge in [0.2, 0.25) is 0 Å². The summed E-state index contributed by atoms with van der Waals surface area (Å²) in [6.45, 7) is 2.01. The summed E-state index contributed by atoms with van der Waals surface area (Å²) >= 11 is 5.72. The maximum Gasteiger partial charge on any atom is 0.128 e. The fourth-order valence-electron chi connectivity index (χ4n) is 4.18. The monoisotopic (exact) mass is 403 g/mol. The van der Waals surface area contributed by atoms with Gasteiger partial charge in [-0.05, 0) is 41.5 Å². The van der Waals surface area contributed by atoms with E-state index in [2.05, 4.69) is 59.2 Å². The van der Waals surface area contributed by atoms with Gasteiger partial charge < -0.3 is 14.0 Å². The van der Waals surface area contributed by atoms with Gasteiger partial charge in [0.25, 0.3) is 0 Å². The standard InChI is InChI=1S/C25H22ClNO2/c26-14-16-28-19-11-9-18(10-12-19)17-27-23-7-3-1-5-20(23)21-13-15-29-24-8-4-2-6-22(24)25(21)27/h1-12H,13-17H2. The molecular formula is C25H22ClNO2. The van der Waals surface area contributed by atoms with Crippen LogP contribution < -0.4 is 9.47 Å². The van der Waals surface area contributed by atoms with Crippen molar-refractivity contribution < 1.29 is 9.47 Å². The molecule has 2 heterocycles. The molecule has 1 aliphatic heterocycles. The van der Waals surface area contributed by atoms with Gasteiger partial charge >= 0.3 is 0 Å². The summed E-state index contributed by atoms with van der Waals surface area (Å²) in [5.41, 5.74) is 6.29. The molecule has 0 saturated carbocycles. The van der Waals surface area contributed by atoms with E-state index in [1.54, 1.807) is 0 Å². The average molecular weight is 404 g/mol. The molecule has 0 amide bonds. The molecule has 0 N–H and O–H groups in total. The van der Waals surface area contributed by atoms with Crippen LogP contribution in [0.5, 0.6) is 11.5 Å². The first kappa shape index (κ1) is 18.1. The molecule has 1 aromatic heterocycles. The number of benzene rings is 3. The number of nitrogens with zero attached hydrogens (tertiary/aromatic N) is 1. The van der Waals surface area contributed by atoms with Crippen molar-refractivity contribution in [3.63, 3.8) is 0 Å². The van der Waals surface area contributed by atoms with E-state index in [4.69, 9.17) is 21.1 Å². The molecule has 3 nitrogen and oxygen atoms in total. The summed E-state index contributed by atoms with van der Waals surface area (Å²) in [5, 5.41) is 1.31. The second-order valence-electron chi connectivity index (χ2n) is 7.21. The molecule has 0 saturated heterocycles. The molecule has 3 aromatic carbocycles. The maximum atomic E-state index is 6.06. The van der Waals surface area contributed by atoms with E-state index < -0.39 is 0 Å². The third-order valence-corrected chi connectivity index (χ3v) is 5.59. The van der Waals surface area contributed by atoms with Crippen LogP contribution in [0.15, 0.2) is 72.8 Å². The second-order valence-corrected chi connectivity index (χ2v) is 7.58. The summed E-state index contributed by atoms with van der Waals surface area (Å²) in [7, 11) is 0. The fourth-order valence-corrected chi connectivity index (χ4v) is 4.26. The zero-order chi connectivity index (χ0) is 19.6. The number of aromatic nitrogens is 1. The molecule has 0 radical (unpaired) electrons.